The van der Waals surface area contributed by atoms with Crippen molar-refractivity contribution in [3.8, 4) is 17.2 Å². The van der Waals surface area contributed by atoms with E-state index in [9.17, 15) is 13.2 Å². The second-order valence-electron chi connectivity index (χ2n) is 7.60. The number of carbonyl (C=O) groups excluding carboxylic acids is 1. The van der Waals surface area contributed by atoms with Gasteiger partial charge in [-0.2, -0.15) is 4.31 Å². The summed E-state index contributed by atoms with van der Waals surface area (Å²) in [5.74, 6) is 1.50. The highest BCUT2D eigenvalue weighted by molar-refractivity contribution is 7.89. The van der Waals surface area contributed by atoms with Crippen LogP contribution >= 0.6 is 11.6 Å². The van der Waals surface area contributed by atoms with Gasteiger partial charge in [-0.1, -0.05) is 11.6 Å². The third kappa shape index (κ3) is 3.81. The monoisotopic (exact) mass is 464 g/mol. The molecule has 1 saturated heterocycles. The molecule has 0 saturated carbocycles. The fraction of sp³-hybridized carbons (Fsp3) is 0.381. The van der Waals surface area contributed by atoms with Crippen LogP contribution in [0.25, 0.3) is 0 Å². The molecule has 0 aromatic heterocycles. The Morgan fingerprint density at radius 3 is 2.42 bits per heavy atom. The molecule has 2 aromatic carbocycles. The number of rotatable bonds is 3. The average molecular weight is 465 g/mol. The van der Waals surface area contributed by atoms with Gasteiger partial charge in [0.2, 0.25) is 10.0 Å². The van der Waals surface area contributed by atoms with Gasteiger partial charge in [0.05, 0.1) is 4.90 Å². The molecule has 2 aromatic rings. The molecule has 0 aliphatic carbocycles. The van der Waals surface area contributed by atoms with Crippen molar-refractivity contribution < 1.29 is 27.4 Å². The van der Waals surface area contributed by atoms with Crippen LogP contribution in [0.3, 0.4) is 0 Å². The van der Waals surface area contributed by atoms with Crippen LogP contribution in [0.2, 0.25) is 5.02 Å². The molecule has 1 fully saturated rings. The van der Waals surface area contributed by atoms with E-state index in [0.717, 1.165) is 5.56 Å². The van der Waals surface area contributed by atoms with Crippen molar-refractivity contribution >= 4 is 27.5 Å². The maximum absolute atomic E-state index is 13.1. The van der Waals surface area contributed by atoms with Crippen molar-refractivity contribution in [3.05, 3.63) is 47.0 Å². The first-order valence-electron chi connectivity index (χ1n) is 10.1. The quantitative estimate of drug-likeness (QED) is 0.690. The molecule has 10 heteroatoms. The number of benzene rings is 2. The van der Waals surface area contributed by atoms with Crippen LogP contribution in [-0.2, 0) is 21.2 Å². The highest BCUT2D eigenvalue weighted by Crippen LogP contribution is 2.34. The second-order valence-corrected chi connectivity index (χ2v) is 9.97. The largest absolute Gasteiger partial charge is 0.486 e. The van der Waals surface area contributed by atoms with E-state index in [2.05, 4.69) is 0 Å². The summed E-state index contributed by atoms with van der Waals surface area (Å²) in [7, 11) is -3.70. The van der Waals surface area contributed by atoms with Crippen LogP contribution in [-0.4, -0.2) is 69.0 Å². The first-order chi connectivity index (χ1) is 14.9. The summed E-state index contributed by atoms with van der Waals surface area (Å²) in [6.45, 7) is 1.87. The minimum absolute atomic E-state index is 0.135. The molecule has 0 N–H and O–H groups in total. The second kappa shape index (κ2) is 7.89. The number of sulfonamides is 1. The predicted octanol–water partition coefficient (Wildman–Crippen LogP) is 1.95. The van der Waals surface area contributed by atoms with Gasteiger partial charge in [-0.15, -0.1) is 0 Å². The van der Waals surface area contributed by atoms with Gasteiger partial charge >= 0.3 is 0 Å². The van der Waals surface area contributed by atoms with Crippen molar-refractivity contribution in [2.75, 3.05) is 39.4 Å². The third-order valence-electron chi connectivity index (χ3n) is 5.67. The number of piperazine rings is 1. The maximum atomic E-state index is 13.1. The maximum Gasteiger partial charge on any atom is 0.264 e. The normalized spacial score (nSPS) is 20.8. The zero-order chi connectivity index (χ0) is 21.6. The smallest absolute Gasteiger partial charge is 0.264 e. The fourth-order valence-electron chi connectivity index (χ4n) is 4.04. The van der Waals surface area contributed by atoms with Crippen LogP contribution in [0.5, 0.6) is 17.2 Å². The van der Waals surface area contributed by atoms with Gasteiger partial charge < -0.3 is 19.1 Å². The lowest BCUT2D eigenvalue weighted by molar-refractivity contribution is -0.139. The molecule has 0 spiro atoms. The molecular formula is C21H21ClN2O6S. The Morgan fingerprint density at radius 1 is 0.935 bits per heavy atom. The zero-order valence-corrected chi connectivity index (χ0v) is 18.2. The number of hydrogen-bond donors (Lipinski definition) is 0. The topological polar surface area (TPSA) is 85.4 Å². The number of amides is 1. The Morgan fingerprint density at radius 2 is 1.65 bits per heavy atom. The summed E-state index contributed by atoms with van der Waals surface area (Å²) in [6.07, 6.45) is -0.140. The highest BCUT2D eigenvalue weighted by Gasteiger charge is 2.36. The first-order valence-corrected chi connectivity index (χ1v) is 11.9. The molecule has 3 aliphatic heterocycles. The molecule has 5 rings (SSSR count). The van der Waals surface area contributed by atoms with E-state index in [0.29, 0.717) is 55.0 Å². The van der Waals surface area contributed by atoms with Gasteiger partial charge in [-0.05, 0) is 35.9 Å². The summed E-state index contributed by atoms with van der Waals surface area (Å²) < 4.78 is 44.3. The summed E-state index contributed by atoms with van der Waals surface area (Å²) in [4.78, 5) is 14.7. The molecule has 1 atom stereocenters. The molecule has 164 valence electrons. The molecule has 3 aliphatic rings. The van der Waals surface area contributed by atoms with Crippen LogP contribution in [0.4, 0.5) is 0 Å². The van der Waals surface area contributed by atoms with Crippen LogP contribution < -0.4 is 14.2 Å². The molecule has 0 radical (unpaired) electrons. The van der Waals surface area contributed by atoms with E-state index in [1.165, 1.54) is 16.4 Å². The Kier molecular flexibility index (Phi) is 5.19. The van der Waals surface area contributed by atoms with Gasteiger partial charge in [0, 0.05) is 43.7 Å². The van der Waals surface area contributed by atoms with Crippen molar-refractivity contribution in [2.24, 2.45) is 0 Å². The lowest BCUT2D eigenvalue weighted by Crippen LogP contribution is -2.53. The molecule has 1 amide bonds. The number of fused-ring (bicyclic) bond motifs is 2. The lowest BCUT2D eigenvalue weighted by atomic mass is 10.1. The van der Waals surface area contributed by atoms with Gasteiger partial charge in [-0.25, -0.2) is 8.42 Å². The SMILES string of the molecule is O=C(C1Cc2cc(Cl)ccc2O1)N1CCN(S(=O)(=O)c2ccc3c(c2)OCCO3)CC1. The van der Waals surface area contributed by atoms with Gasteiger partial charge in [0.1, 0.15) is 19.0 Å². The predicted molar refractivity (Wildman–Crippen MR) is 112 cm³/mol. The summed E-state index contributed by atoms with van der Waals surface area (Å²) in [6, 6.07) is 9.94. The zero-order valence-electron chi connectivity index (χ0n) is 16.6. The van der Waals surface area contributed by atoms with E-state index in [-0.39, 0.29) is 23.9 Å². The fourth-order valence-corrected chi connectivity index (χ4v) is 5.67. The van der Waals surface area contributed by atoms with E-state index in [4.69, 9.17) is 25.8 Å². The van der Waals surface area contributed by atoms with E-state index in [1.54, 1.807) is 23.1 Å². The Bertz CT molecular complexity index is 1130. The van der Waals surface area contributed by atoms with Gasteiger partial charge in [0.15, 0.2) is 17.6 Å². The van der Waals surface area contributed by atoms with Crippen molar-refractivity contribution in [1.29, 1.82) is 0 Å². The summed E-state index contributed by atoms with van der Waals surface area (Å²) in [5, 5.41) is 0.605. The number of halogens is 1. The number of nitrogens with zero attached hydrogens (tertiary/aromatic N) is 2. The van der Waals surface area contributed by atoms with E-state index in [1.807, 2.05) is 6.07 Å². The van der Waals surface area contributed by atoms with Crippen molar-refractivity contribution in [1.82, 2.24) is 9.21 Å². The first kappa shape index (κ1) is 20.4. The van der Waals surface area contributed by atoms with Crippen LogP contribution in [0, 0.1) is 0 Å². The molecule has 3 heterocycles. The van der Waals surface area contributed by atoms with E-state index < -0.39 is 16.1 Å². The minimum atomic E-state index is -3.70. The van der Waals surface area contributed by atoms with Gasteiger partial charge in [0.25, 0.3) is 5.91 Å². The minimum Gasteiger partial charge on any atom is -0.486 e. The molecule has 0 bridgehead atoms. The average Bonchev–Trinajstić information content (AvgIpc) is 3.21. The Hall–Kier alpha value is -2.49. The number of ether oxygens (including phenoxy) is 3. The van der Waals surface area contributed by atoms with E-state index >= 15 is 0 Å². The van der Waals surface area contributed by atoms with Crippen LogP contribution in [0.15, 0.2) is 41.3 Å². The molecule has 31 heavy (non-hydrogen) atoms. The summed E-state index contributed by atoms with van der Waals surface area (Å²) >= 11 is 6.02. The standard InChI is InChI=1S/C21H21ClN2O6S/c22-15-1-3-17-14(11-15)12-20(30-17)21(25)23-5-7-24(8-6-23)31(26,27)16-2-4-18-19(13-16)29-10-9-28-18/h1-4,11,13,20H,5-10,12H2. The lowest BCUT2D eigenvalue weighted by Gasteiger charge is -2.35. The highest BCUT2D eigenvalue weighted by atomic mass is 35.5. The van der Waals surface area contributed by atoms with Gasteiger partial charge in [-0.3, -0.25) is 4.79 Å². The Labute approximate surface area is 185 Å². The summed E-state index contributed by atoms with van der Waals surface area (Å²) in [5.41, 5.74) is 0.908. The van der Waals surface area contributed by atoms with Crippen molar-refractivity contribution in [3.63, 3.8) is 0 Å². The molecule has 8 nitrogen and oxygen atoms in total. The Balaban J connectivity index is 1.23. The number of carbonyl (C=O) groups is 1. The third-order valence-corrected chi connectivity index (χ3v) is 7.80. The van der Waals surface area contributed by atoms with Crippen molar-refractivity contribution in [2.45, 2.75) is 17.4 Å². The molecule has 1 unspecified atom stereocenters. The molecular weight excluding hydrogens is 444 g/mol. The number of hydrogen-bond acceptors (Lipinski definition) is 6. The van der Waals surface area contributed by atoms with Crippen LogP contribution in [0.1, 0.15) is 5.56 Å².